The average Bonchev–Trinajstić information content (AvgIpc) is 2.49. The van der Waals surface area contributed by atoms with Gasteiger partial charge in [0.1, 0.15) is 0 Å². The first kappa shape index (κ1) is 13.5. The number of piperidine rings is 1. The molecule has 0 aliphatic carbocycles. The number of pyridine rings is 1. The molecular weight excluding hydrogens is 248 g/mol. The Balaban J connectivity index is 1.80. The zero-order valence-electron chi connectivity index (χ0n) is 12.0. The van der Waals surface area contributed by atoms with E-state index in [-0.39, 0.29) is 0 Å². The van der Waals surface area contributed by atoms with Crippen molar-refractivity contribution >= 4 is 10.9 Å². The van der Waals surface area contributed by atoms with Crippen LogP contribution in [-0.2, 0) is 6.54 Å². The molecule has 1 aliphatic rings. The third kappa shape index (κ3) is 2.69. The average molecular weight is 270 g/mol. The number of aliphatic hydroxyl groups is 1. The van der Waals surface area contributed by atoms with Gasteiger partial charge in [-0.1, -0.05) is 24.3 Å². The number of rotatable bonds is 3. The molecule has 3 heteroatoms. The summed E-state index contributed by atoms with van der Waals surface area (Å²) < 4.78 is 0. The van der Waals surface area contributed by atoms with Crippen molar-refractivity contribution in [3.05, 3.63) is 42.1 Å². The Bertz CT molecular complexity index is 579. The highest BCUT2D eigenvalue weighted by Gasteiger charge is 2.25. The smallest absolute Gasteiger partial charge is 0.0746 e. The van der Waals surface area contributed by atoms with E-state index in [1.165, 1.54) is 10.9 Å². The molecule has 1 saturated heterocycles. The second-order valence-corrected chi connectivity index (χ2v) is 5.88. The summed E-state index contributed by atoms with van der Waals surface area (Å²) in [7, 11) is 0. The summed E-state index contributed by atoms with van der Waals surface area (Å²) in [5, 5.41) is 10.5. The molecule has 2 heterocycles. The number of hydrogen-bond acceptors (Lipinski definition) is 3. The predicted molar refractivity (Wildman–Crippen MR) is 81.4 cm³/mol. The van der Waals surface area contributed by atoms with E-state index < -0.39 is 0 Å². The van der Waals surface area contributed by atoms with Gasteiger partial charge in [-0.15, -0.1) is 0 Å². The number of hydrogen-bond donors (Lipinski definition) is 1. The van der Waals surface area contributed by atoms with Crippen molar-refractivity contribution in [2.24, 2.45) is 5.92 Å². The molecule has 1 fully saturated rings. The van der Waals surface area contributed by atoms with Gasteiger partial charge in [-0.3, -0.25) is 9.88 Å². The van der Waals surface area contributed by atoms with E-state index in [0.717, 1.165) is 31.4 Å². The van der Waals surface area contributed by atoms with E-state index in [2.05, 4.69) is 41.1 Å². The van der Waals surface area contributed by atoms with Gasteiger partial charge in [0, 0.05) is 30.8 Å². The quantitative estimate of drug-likeness (QED) is 0.931. The van der Waals surface area contributed by atoms with E-state index in [4.69, 9.17) is 0 Å². The molecule has 0 amide bonds. The van der Waals surface area contributed by atoms with Gasteiger partial charge in [0.25, 0.3) is 0 Å². The molecule has 0 spiro atoms. The second kappa shape index (κ2) is 5.90. The number of aromatic nitrogens is 1. The minimum atomic E-state index is 0.327. The molecule has 3 nitrogen and oxygen atoms in total. The highest BCUT2D eigenvalue weighted by atomic mass is 16.3. The van der Waals surface area contributed by atoms with Crippen LogP contribution in [0.4, 0.5) is 0 Å². The minimum Gasteiger partial charge on any atom is -0.396 e. The van der Waals surface area contributed by atoms with Gasteiger partial charge in [0.15, 0.2) is 0 Å². The fourth-order valence-electron chi connectivity index (χ4n) is 3.23. The van der Waals surface area contributed by atoms with Crippen molar-refractivity contribution in [1.82, 2.24) is 9.88 Å². The van der Waals surface area contributed by atoms with Crippen LogP contribution in [-0.4, -0.2) is 34.2 Å². The summed E-state index contributed by atoms with van der Waals surface area (Å²) in [5.74, 6) is 0.479. The predicted octanol–water partition coefficient (Wildman–Crippen LogP) is 2.83. The largest absolute Gasteiger partial charge is 0.396 e. The highest BCUT2D eigenvalue weighted by Crippen LogP contribution is 2.25. The molecule has 1 aromatic carbocycles. The van der Waals surface area contributed by atoms with Gasteiger partial charge in [-0.2, -0.15) is 0 Å². The van der Waals surface area contributed by atoms with E-state index in [1.54, 1.807) is 0 Å². The first-order valence-corrected chi connectivity index (χ1v) is 7.45. The van der Waals surface area contributed by atoms with Crippen LogP contribution in [0, 0.1) is 5.92 Å². The Morgan fingerprint density at radius 2 is 2.15 bits per heavy atom. The van der Waals surface area contributed by atoms with Crippen molar-refractivity contribution in [2.75, 3.05) is 13.2 Å². The maximum atomic E-state index is 9.30. The fourth-order valence-corrected chi connectivity index (χ4v) is 3.23. The molecule has 0 saturated carbocycles. The Morgan fingerprint density at radius 3 is 2.95 bits per heavy atom. The van der Waals surface area contributed by atoms with Crippen molar-refractivity contribution < 1.29 is 5.11 Å². The molecule has 0 unspecified atom stereocenters. The van der Waals surface area contributed by atoms with E-state index >= 15 is 0 Å². The summed E-state index contributed by atoms with van der Waals surface area (Å²) in [5.41, 5.74) is 2.42. The monoisotopic (exact) mass is 270 g/mol. The molecule has 2 atom stereocenters. The number of likely N-dealkylation sites (tertiary alicyclic amines) is 1. The summed E-state index contributed by atoms with van der Waals surface area (Å²) >= 11 is 0. The maximum Gasteiger partial charge on any atom is 0.0746 e. The maximum absolute atomic E-state index is 9.30. The lowest BCUT2D eigenvalue weighted by atomic mass is 9.92. The molecule has 2 aromatic rings. The lowest BCUT2D eigenvalue weighted by Crippen LogP contribution is -2.41. The van der Waals surface area contributed by atoms with Gasteiger partial charge >= 0.3 is 0 Å². The van der Waals surface area contributed by atoms with Gasteiger partial charge in [-0.25, -0.2) is 0 Å². The summed E-state index contributed by atoms with van der Waals surface area (Å²) in [6.45, 7) is 4.61. The van der Waals surface area contributed by atoms with Crippen molar-refractivity contribution in [3.8, 4) is 0 Å². The molecule has 106 valence electrons. The molecule has 1 N–H and O–H groups in total. The standard InChI is InChI=1S/C17H22N2O/c1-13-10-14(12-20)7-9-19(13)11-16-5-2-4-15-6-3-8-18-17(15)16/h2-6,8,13-14,20H,7,9-12H2,1H3/t13-,14-/m0/s1. The fraction of sp³-hybridized carbons (Fsp3) is 0.471. The van der Waals surface area contributed by atoms with Crippen molar-refractivity contribution in [1.29, 1.82) is 0 Å². The number of nitrogens with zero attached hydrogens (tertiary/aromatic N) is 2. The van der Waals surface area contributed by atoms with E-state index in [9.17, 15) is 5.11 Å². The number of fused-ring (bicyclic) bond motifs is 1. The molecule has 20 heavy (non-hydrogen) atoms. The lowest BCUT2D eigenvalue weighted by Gasteiger charge is -2.37. The van der Waals surface area contributed by atoms with Crippen LogP contribution < -0.4 is 0 Å². The third-order valence-corrected chi connectivity index (χ3v) is 4.47. The number of para-hydroxylation sites is 1. The second-order valence-electron chi connectivity index (χ2n) is 5.88. The molecule has 3 rings (SSSR count). The lowest BCUT2D eigenvalue weighted by molar-refractivity contribution is 0.0842. The van der Waals surface area contributed by atoms with Crippen LogP contribution in [0.15, 0.2) is 36.5 Å². The Kier molecular flexibility index (Phi) is 3.99. The number of aliphatic hydroxyl groups excluding tert-OH is 1. The Hall–Kier alpha value is -1.45. The molecule has 1 aliphatic heterocycles. The van der Waals surface area contributed by atoms with Crippen LogP contribution in [0.2, 0.25) is 0 Å². The highest BCUT2D eigenvalue weighted by molar-refractivity contribution is 5.81. The third-order valence-electron chi connectivity index (χ3n) is 4.47. The molecular formula is C17H22N2O. The van der Waals surface area contributed by atoms with E-state index in [0.29, 0.717) is 18.6 Å². The van der Waals surface area contributed by atoms with Gasteiger partial charge in [0.05, 0.1) is 5.52 Å². The van der Waals surface area contributed by atoms with Crippen molar-refractivity contribution in [3.63, 3.8) is 0 Å². The molecule has 1 aromatic heterocycles. The summed E-state index contributed by atoms with van der Waals surface area (Å²) in [6, 6.07) is 11.0. The minimum absolute atomic E-state index is 0.327. The normalized spacial score (nSPS) is 24.1. The van der Waals surface area contributed by atoms with Crippen LogP contribution in [0.25, 0.3) is 10.9 Å². The van der Waals surface area contributed by atoms with E-state index in [1.807, 2.05) is 12.3 Å². The van der Waals surface area contributed by atoms with Crippen LogP contribution in [0.1, 0.15) is 25.3 Å². The van der Waals surface area contributed by atoms with Gasteiger partial charge in [-0.05, 0) is 43.9 Å². The van der Waals surface area contributed by atoms with Gasteiger partial charge in [0.2, 0.25) is 0 Å². The molecule has 0 bridgehead atoms. The van der Waals surface area contributed by atoms with Crippen LogP contribution in [0.3, 0.4) is 0 Å². The van der Waals surface area contributed by atoms with Crippen LogP contribution in [0.5, 0.6) is 0 Å². The summed E-state index contributed by atoms with van der Waals surface area (Å²) in [4.78, 5) is 7.05. The SMILES string of the molecule is C[C@H]1C[C@@H](CO)CCN1Cc1cccc2cccnc12. The molecule has 0 radical (unpaired) electrons. The Morgan fingerprint density at radius 1 is 1.30 bits per heavy atom. The number of benzene rings is 1. The first-order valence-electron chi connectivity index (χ1n) is 7.45. The zero-order chi connectivity index (χ0) is 13.9. The summed E-state index contributed by atoms with van der Waals surface area (Å²) in [6.07, 6.45) is 4.06. The topological polar surface area (TPSA) is 36.4 Å². The Labute approximate surface area is 120 Å². The van der Waals surface area contributed by atoms with Gasteiger partial charge < -0.3 is 5.11 Å². The first-order chi connectivity index (χ1) is 9.78. The zero-order valence-corrected chi connectivity index (χ0v) is 12.0. The van der Waals surface area contributed by atoms with Crippen molar-refractivity contribution in [2.45, 2.75) is 32.4 Å². The van der Waals surface area contributed by atoms with Crippen LogP contribution >= 0.6 is 0 Å².